The van der Waals surface area contributed by atoms with E-state index in [1.54, 1.807) is 0 Å². The first-order chi connectivity index (χ1) is 32.4. The molecule has 2 unspecified atom stereocenters. The molecule has 2 aliphatic rings. The average Bonchev–Trinajstić information content (AvgIpc) is 3.85. The highest BCUT2D eigenvalue weighted by Crippen LogP contribution is 2.31. The molecule has 10 nitrogen and oxygen atoms in total. The maximum atomic E-state index is 13.1. The highest BCUT2D eigenvalue weighted by molar-refractivity contribution is 5.69. The van der Waals surface area contributed by atoms with Crippen molar-refractivity contribution in [3.8, 4) is 0 Å². The van der Waals surface area contributed by atoms with Gasteiger partial charge < -0.3 is 33.3 Å². The number of nitrogens with zero attached hydrogens (tertiary/aromatic N) is 1. The zero-order valence-electron chi connectivity index (χ0n) is 42.9. The quantitative estimate of drug-likeness (QED) is 0.0193. The van der Waals surface area contributed by atoms with Crippen LogP contribution in [0.2, 0.25) is 0 Å². The highest BCUT2D eigenvalue weighted by atomic mass is 16.7. The lowest BCUT2D eigenvalue weighted by Gasteiger charge is -2.32. The van der Waals surface area contributed by atoms with Crippen LogP contribution in [-0.4, -0.2) is 88.6 Å². The van der Waals surface area contributed by atoms with Crippen molar-refractivity contribution < 1.29 is 42.8 Å². The fourth-order valence-corrected chi connectivity index (χ4v) is 9.08. The van der Waals surface area contributed by atoms with E-state index in [0.717, 1.165) is 90.3 Å². The lowest BCUT2D eigenvalue weighted by molar-refractivity contribution is -0.161. The second-order valence-electron chi connectivity index (χ2n) is 19.5. The second-order valence-corrected chi connectivity index (χ2v) is 19.5. The number of ether oxygens (including phenoxy) is 6. The number of unbranched alkanes of at least 4 members (excludes halogenated alkanes) is 18. The smallest absolute Gasteiger partial charge is 0.465 e. The zero-order chi connectivity index (χ0) is 47.4. The summed E-state index contributed by atoms with van der Waals surface area (Å²) in [7, 11) is 0. The van der Waals surface area contributed by atoms with E-state index < -0.39 is 18.4 Å². The average molecular weight is 932 g/mol. The van der Waals surface area contributed by atoms with Crippen LogP contribution in [0.25, 0.3) is 0 Å². The Morgan fingerprint density at radius 2 is 1.00 bits per heavy atom. The van der Waals surface area contributed by atoms with Crippen LogP contribution in [0.15, 0.2) is 24.3 Å². The van der Waals surface area contributed by atoms with E-state index in [0.29, 0.717) is 38.6 Å². The number of esters is 2. The molecule has 1 saturated carbocycles. The lowest BCUT2D eigenvalue weighted by Crippen LogP contribution is -2.35. The fraction of sp³-hybridized carbons (Fsp3) is 0.875. The topological polar surface area (TPSA) is 110 Å². The van der Waals surface area contributed by atoms with Crippen molar-refractivity contribution >= 4 is 18.1 Å². The molecule has 0 amide bonds. The van der Waals surface area contributed by atoms with Gasteiger partial charge in [-0.05, 0) is 83.2 Å². The summed E-state index contributed by atoms with van der Waals surface area (Å²) < 4.78 is 35.1. The number of hydrogen-bond donors (Lipinski definition) is 0. The summed E-state index contributed by atoms with van der Waals surface area (Å²) in [5.74, 6) is -0.342. The Hall–Kier alpha value is -2.43. The highest BCUT2D eigenvalue weighted by Gasteiger charge is 2.28. The molecule has 1 saturated heterocycles. The van der Waals surface area contributed by atoms with Crippen LogP contribution < -0.4 is 0 Å². The van der Waals surface area contributed by atoms with Crippen LogP contribution in [0.4, 0.5) is 4.79 Å². The van der Waals surface area contributed by atoms with E-state index in [-0.39, 0.29) is 44.1 Å². The van der Waals surface area contributed by atoms with Crippen LogP contribution in [0.3, 0.4) is 0 Å². The Labute approximate surface area is 404 Å². The molecule has 0 radical (unpaired) electrons. The Bertz CT molecular complexity index is 1180. The number of carbonyl (C=O) groups excluding carboxylic acids is 3. The van der Waals surface area contributed by atoms with Gasteiger partial charge in [-0.2, -0.15) is 0 Å². The summed E-state index contributed by atoms with van der Waals surface area (Å²) in [6, 6.07) is 0. The zero-order valence-corrected chi connectivity index (χ0v) is 42.9. The van der Waals surface area contributed by atoms with Crippen LogP contribution in [0, 0.1) is 17.8 Å². The molecule has 1 heterocycles. The molecule has 66 heavy (non-hydrogen) atoms. The van der Waals surface area contributed by atoms with Crippen LogP contribution >= 0.6 is 0 Å². The number of carbonyl (C=O) groups is 3. The van der Waals surface area contributed by atoms with Crippen LogP contribution in [-0.2, 0) is 38.0 Å². The van der Waals surface area contributed by atoms with Gasteiger partial charge in [0, 0.05) is 38.5 Å². The Balaban J connectivity index is 1.85. The first kappa shape index (κ1) is 59.7. The predicted octanol–water partition coefficient (Wildman–Crippen LogP) is 14.8. The van der Waals surface area contributed by atoms with E-state index in [1.165, 1.54) is 122 Å². The third-order valence-electron chi connectivity index (χ3n) is 13.3. The van der Waals surface area contributed by atoms with Crippen LogP contribution in [0.5, 0.6) is 0 Å². The monoisotopic (exact) mass is 932 g/mol. The SMILES string of the molecule is CCCCC/C=C\C/C=C\CCCCCCCC(=O)OCC(COC(=O)CCC(OCCCCCCCC)OCCCCCCCC)COC(=O)OCC(CN1CCCC1)C1CCCCC1. The molecule has 1 aliphatic carbocycles. The van der Waals surface area contributed by atoms with Gasteiger partial charge in [-0.3, -0.25) is 9.59 Å². The number of rotatable bonds is 44. The van der Waals surface area contributed by atoms with Crippen molar-refractivity contribution in [1.82, 2.24) is 4.90 Å². The largest absolute Gasteiger partial charge is 0.508 e. The minimum atomic E-state index is -0.724. The summed E-state index contributed by atoms with van der Waals surface area (Å²) in [6.45, 7) is 11.3. The first-order valence-corrected chi connectivity index (χ1v) is 27.8. The number of allylic oxidation sites excluding steroid dienone is 4. The summed E-state index contributed by atoms with van der Waals surface area (Å²) in [5, 5.41) is 0. The molecule has 2 atom stereocenters. The van der Waals surface area contributed by atoms with Gasteiger partial charge in [0.2, 0.25) is 0 Å². The van der Waals surface area contributed by atoms with E-state index in [2.05, 4.69) is 50.0 Å². The third kappa shape index (κ3) is 34.8. The number of likely N-dealkylation sites (tertiary alicyclic amines) is 1. The molecule has 10 heteroatoms. The van der Waals surface area contributed by atoms with Gasteiger partial charge in [0.1, 0.15) is 19.8 Å². The molecule has 0 aromatic heterocycles. The van der Waals surface area contributed by atoms with Crippen molar-refractivity contribution in [3.63, 3.8) is 0 Å². The molecule has 0 spiro atoms. The van der Waals surface area contributed by atoms with Crippen LogP contribution in [0.1, 0.15) is 233 Å². The summed E-state index contributed by atoms with van der Waals surface area (Å²) in [4.78, 5) is 41.5. The standard InChI is InChI=1S/C56H101NO9/c1-4-7-10-13-16-17-18-19-20-21-22-23-24-25-31-38-53(58)63-46-50(48-65-56(60)66-49-52(45-57-41-32-33-42-57)51-36-29-28-30-37-51)47-64-54(59)39-40-55(61-43-34-26-14-11-8-5-2)62-44-35-27-15-12-9-6-3/h16-17,19-20,50-52,55H,4-15,18,21-49H2,1-3H3/b17-16-,20-19-. The van der Waals surface area contributed by atoms with Gasteiger partial charge in [0.25, 0.3) is 0 Å². The minimum absolute atomic E-state index is 0.00925. The van der Waals surface area contributed by atoms with Crippen molar-refractivity contribution in [3.05, 3.63) is 24.3 Å². The van der Waals surface area contributed by atoms with Gasteiger partial charge in [-0.1, -0.05) is 173 Å². The number of hydrogen-bond acceptors (Lipinski definition) is 10. The Kier molecular flexibility index (Phi) is 39.6. The lowest BCUT2D eigenvalue weighted by atomic mass is 9.80. The predicted molar refractivity (Wildman–Crippen MR) is 269 cm³/mol. The fourth-order valence-electron chi connectivity index (χ4n) is 9.08. The van der Waals surface area contributed by atoms with Gasteiger partial charge >= 0.3 is 18.1 Å². The summed E-state index contributed by atoms with van der Waals surface area (Å²) in [5.41, 5.74) is 0. The van der Waals surface area contributed by atoms with E-state index in [9.17, 15) is 14.4 Å². The molecular formula is C56H101NO9. The van der Waals surface area contributed by atoms with Gasteiger partial charge in [-0.15, -0.1) is 0 Å². The third-order valence-corrected chi connectivity index (χ3v) is 13.3. The molecule has 384 valence electrons. The summed E-state index contributed by atoms with van der Waals surface area (Å²) in [6.07, 6.45) is 43.8. The van der Waals surface area contributed by atoms with Gasteiger partial charge in [0.15, 0.2) is 6.29 Å². The molecule has 0 N–H and O–H groups in total. The van der Waals surface area contributed by atoms with Crippen molar-refractivity contribution in [2.45, 2.75) is 239 Å². The molecule has 0 aromatic carbocycles. The maximum absolute atomic E-state index is 13.1. The molecule has 2 rings (SSSR count). The summed E-state index contributed by atoms with van der Waals surface area (Å²) >= 11 is 0. The van der Waals surface area contributed by atoms with Crippen molar-refractivity contribution in [2.75, 3.05) is 59.3 Å². The van der Waals surface area contributed by atoms with E-state index in [1.807, 2.05) is 0 Å². The van der Waals surface area contributed by atoms with E-state index in [4.69, 9.17) is 28.4 Å². The Morgan fingerprint density at radius 1 is 0.515 bits per heavy atom. The first-order valence-electron chi connectivity index (χ1n) is 27.8. The van der Waals surface area contributed by atoms with Crippen molar-refractivity contribution in [2.24, 2.45) is 17.8 Å². The molecule has 0 aromatic rings. The van der Waals surface area contributed by atoms with Gasteiger partial charge in [0.05, 0.1) is 18.9 Å². The Morgan fingerprint density at radius 3 is 1.61 bits per heavy atom. The van der Waals surface area contributed by atoms with E-state index >= 15 is 0 Å². The van der Waals surface area contributed by atoms with Gasteiger partial charge in [-0.25, -0.2) is 4.79 Å². The normalized spacial score (nSPS) is 15.8. The minimum Gasteiger partial charge on any atom is -0.465 e. The molecular weight excluding hydrogens is 831 g/mol. The molecule has 2 fully saturated rings. The second kappa shape index (κ2) is 43.8. The molecule has 1 aliphatic heterocycles. The maximum Gasteiger partial charge on any atom is 0.508 e. The van der Waals surface area contributed by atoms with Crippen molar-refractivity contribution in [1.29, 1.82) is 0 Å². The molecule has 0 bridgehead atoms.